The summed E-state index contributed by atoms with van der Waals surface area (Å²) in [6, 6.07) is 12.0. The first-order chi connectivity index (χ1) is 9.22. The van der Waals surface area contributed by atoms with Crippen LogP contribution in [-0.4, -0.2) is 24.5 Å². The Morgan fingerprint density at radius 2 is 1.79 bits per heavy atom. The summed E-state index contributed by atoms with van der Waals surface area (Å²) >= 11 is 0. The lowest BCUT2D eigenvalue weighted by Crippen LogP contribution is -2.38. The van der Waals surface area contributed by atoms with Crippen molar-refractivity contribution in [2.75, 3.05) is 13.6 Å². The van der Waals surface area contributed by atoms with Gasteiger partial charge >= 0.3 is 0 Å². The Labute approximate surface area is 118 Å². The van der Waals surface area contributed by atoms with E-state index in [-0.39, 0.29) is 0 Å². The van der Waals surface area contributed by atoms with E-state index in [9.17, 15) is 0 Å². The van der Waals surface area contributed by atoms with Gasteiger partial charge in [0.05, 0.1) is 0 Å². The molecule has 0 aliphatic heterocycles. The van der Waals surface area contributed by atoms with E-state index < -0.39 is 0 Å². The van der Waals surface area contributed by atoms with E-state index in [2.05, 4.69) is 49.2 Å². The fourth-order valence-corrected chi connectivity index (χ4v) is 3.34. The Morgan fingerprint density at radius 1 is 1.16 bits per heavy atom. The van der Waals surface area contributed by atoms with Crippen molar-refractivity contribution >= 4 is 0 Å². The van der Waals surface area contributed by atoms with E-state index in [4.69, 9.17) is 5.73 Å². The Kier molecular flexibility index (Phi) is 5.41. The quantitative estimate of drug-likeness (QED) is 0.876. The van der Waals surface area contributed by atoms with Gasteiger partial charge in [-0.3, -0.25) is 4.90 Å². The van der Waals surface area contributed by atoms with E-state index in [1.165, 1.54) is 31.2 Å². The molecule has 2 nitrogen and oxygen atoms in total. The lowest BCUT2D eigenvalue weighted by Gasteiger charge is -2.39. The predicted octanol–water partition coefficient (Wildman–Crippen LogP) is 3.59. The molecule has 2 rings (SSSR count). The molecular weight excluding hydrogens is 232 g/mol. The number of rotatable bonds is 5. The summed E-state index contributed by atoms with van der Waals surface area (Å²) in [7, 11) is 2.29. The molecule has 0 heterocycles. The maximum absolute atomic E-state index is 5.83. The number of benzene rings is 1. The minimum atomic E-state index is 0.476. The van der Waals surface area contributed by atoms with Crippen LogP contribution in [0.5, 0.6) is 0 Å². The second-order valence-electron chi connectivity index (χ2n) is 6.08. The van der Waals surface area contributed by atoms with Crippen LogP contribution >= 0.6 is 0 Å². The molecule has 106 valence electrons. The van der Waals surface area contributed by atoms with Crippen LogP contribution in [0.3, 0.4) is 0 Å². The fourth-order valence-electron chi connectivity index (χ4n) is 3.34. The Morgan fingerprint density at radius 3 is 2.37 bits per heavy atom. The maximum Gasteiger partial charge on any atom is 0.0360 e. The molecule has 2 N–H and O–H groups in total. The van der Waals surface area contributed by atoms with Crippen molar-refractivity contribution in [2.45, 2.75) is 51.1 Å². The van der Waals surface area contributed by atoms with Crippen molar-refractivity contribution < 1.29 is 0 Å². The molecule has 19 heavy (non-hydrogen) atoms. The van der Waals surface area contributed by atoms with Crippen molar-refractivity contribution in [1.29, 1.82) is 0 Å². The van der Waals surface area contributed by atoms with Crippen molar-refractivity contribution in [3.05, 3.63) is 35.9 Å². The van der Waals surface area contributed by atoms with Gasteiger partial charge in [-0.05, 0) is 57.2 Å². The SMILES string of the molecule is CC1CCC(N(C)C(CCN)c2ccccc2)CC1. The Balaban J connectivity index is 2.06. The number of nitrogens with zero attached hydrogens (tertiary/aromatic N) is 1. The molecular formula is C17H28N2. The minimum Gasteiger partial charge on any atom is -0.330 e. The maximum atomic E-state index is 5.83. The van der Waals surface area contributed by atoms with Crippen LogP contribution in [0.25, 0.3) is 0 Å². The molecule has 0 amide bonds. The molecule has 1 atom stereocenters. The second-order valence-corrected chi connectivity index (χ2v) is 6.08. The van der Waals surface area contributed by atoms with Crippen LogP contribution in [0, 0.1) is 5.92 Å². The third-order valence-corrected chi connectivity index (χ3v) is 4.68. The van der Waals surface area contributed by atoms with Gasteiger partial charge in [0.25, 0.3) is 0 Å². The largest absolute Gasteiger partial charge is 0.330 e. The average Bonchev–Trinajstić information content (AvgIpc) is 2.46. The minimum absolute atomic E-state index is 0.476. The number of nitrogens with two attached hydrogens (primary N) is 1. The molecule has 0 saturated heterocycles. The van der Waals surface area contributed by atoms with Crippen LogP contribution in [0.4, 0.5) is 0 Å². The van der Waals surface area contributed by atoms with Gasteiger partial charge in [-0.2, -0.15) is 0 Å². The molecule has 1 aliphatic carbocycles. The molecule has 1 aliphatic rings. The number of hydrogen-bond donors (Lipinski definition) is 1. The summed E-state index contributed by atoms with van der Waals surface area (Å²) in [6.45, 7) is 3.14. The zero-order chi connectivity index (χ0) is 13.7. The third-order valence-electron chi connectivity index (χ3n) is 4.68. The van der Waals surface area contributed by atoms with E-state index in [0.29, 0.717) is 6.04 Å². The molecule has 0 aromatic heterocycles. The first-order valence-corrected chi connectivity index (χ1v) is 7.69. The van der Waals surface area contributed by atoms with Crippen molar-refractivity contribution in [3.8, 4) is 0 Å². The molecule has 1 unspecified atom stereocenters. The molecule has 1 saturated carbocycles. The monoisotopic (exact) mass is 260 g/mol. The van der Waals surface area contributed by atoms with Crippen LogP contribution < -0.4 is 5.73 Å². The summed E-state index contributed by atoms with van der Waals surface area (Å²) in [6.07, 6.45) is 6.47. The highest BCUT2D eigenvalue weighted by molar-refractivity contribution is 5.19. The van der Waals surface area contributed by atoms with Gasteiger partial charge in [0, 0.05) is 12.1 Å². The fraction of sp³-hybridized carbons (Fsp3) is 0.647. The van der Waals surface area contributed by atoms with E-state index in [1.807, 2.05) is 0 Å². The summed E-state index contributed by atoms with van der Waals surface area (Å²) < 4.78 is 0. The molecule has 0 bridgehead atoms. The number of hydrogen-bond acceptors (Lipinski definition) is 2. The summed E-state index contributed by atoms with van der Waals surface area (Å²) in [5.74, 6) is 0.911. The highest BCUT2D eigenvalue weighted by Gasteiger charge is 2.26. The second kappa shape index (κ2) is 7.06. The lowest BCUT2D eigenvalue weighted by molar-refractivity contribution is 0.119. The van der Waals surface area contributed by atoms with Crippen molar-refractivity contribution in [2.24, 2.45) is 11.7 Å². The summed E-state index contributed by atoms with van der Waals surface area (Å²) in [4.78, 5) is 2.58. The first-order valence-electron chi connectivity index (χ1n) is 7.69. The van der Waals surface area contributed by atoms with Crippen LogP contribution in [0.15, 0.2) is 30.3 Å². The first kappa shape index (κ1) is 14.5. The average molecular weight is 260 g/mol. The molecule has 0 radical (unpaired) electrons. The normalized spacial score (nSPS) is 25.5. The standard InChI is InChI=1S/C17H28N2/c1-14-8-10-16(11-9-14)19(2)17(12-13-18)15-6-4-3-5-7-15/h3-7,14,16-17H,8-13,18H2,1-2H3. The van der Waals surface area contributed by atoms with Gasteiger partial charge in [-0.15, -0.1) is 0 Å². The van der Waals surface area contributed by atoms with Crippen LogP contribution in [0.2, 0.25) is 0 Å². The summed E-state index contributed by atoms with van der Waals surface area (Å²) in [5, 5.41) is 0. The van der Waals surface area contributed by atoms with Crippen LogP contribution in [0.1, 0.15) is 50.6 Å². The van der Waals surface area contributed by atoms with Crippen LogP contribution in [-0.2, 0) is 0 Å². The molecule has 2 heteroatoms. The molecule has 1 aromatic carbocycles. The van der Waals surface area contributed by atoms with Gasteiger partial charge in [0.15, 0.2) is 0 Å². The lowest BCUT2D eigenvalue weighted by atomic mass is 9.85. The Hall–Kier alpha value is -0.860. The van der Waals surface area contributed by atoms with Gasteiger partial charge in [0.2, 0.25) is 0 Å². The smallest absolute Gasteiger partial charge is 0.0360 e. The predicted molar refractivity (Wildman–Crippen MR) is 82.0 cm³/mol. The van der Waals surface area contributed by atoms with Crippen molar-refractivity contribution in [3.63, 3.8) is 0 Å². The highest BCUT2D eigenvalue weighted by Crippen LogP contribution is 2.32. The molecule has 1 aromatic rings. The topological polar surface area (TPSA) is 29.3 Å². The van der Waals surface area contributed by atoms with E-state index >= 15 is 0 Å². The zero-order valence-electron chi connectivity index (χ0n) is 12.4. The molecule has 1 fully saturated rings. The third kappa shape index (κ3) is 3.80. The Bertz CT molecular complexity index is 355. The molecule has 0 spiro atoms. The van der Waals surface area contributed by atoms with Gasteiger partial charge in [-0.1, -0.05) is 37.3 Å². The highest BCUT2D eigenvalue weighted by atomic mass is 15.2. The van der Waals surface area contributed by atoms with Crippen molar-refractivity contribution in [1.82, 2.24) is 4.90 Å². The van der Waals surface area contributed by atoms with Gasteiger partial charge in [-0.25, -0.2) is 0 Å². The van der Waals surface area contributed by atoms with Gasteiger partial charge in [0.1, 0.15) is 0 Å². The zero-order valence-corrected chi connectivity index (χ0v) is 12.4. The van der Waals surface area contributed by atoms with Gasteiger partial charge < -0.3 is 5.73 Å². The van der Waals surface area contributed by atoms with E-state index in [0.717, 1.165) is 24.9 Å². The van der Waals surface area contributed by atoms with E-state index in [1.54, 1.807) is 0 Å². The summed E-state index contributed by atoms with van der Waals surface area (Å²) in [5.41, 5.74) is 7.24.